The van der Waals surface area contributed by atoms with E-state index < -0.39 is 29.5 Å². The summed E-state index contributed by atoms with van der Waals surface area (Å²) in [4.78, 5) is 11.1. The van der Waals surface area contributed by atoms with E-state index >= 15 is 0 Å². The highest BCUT2D eigenvalue weighted by Crippen LogP contribution is 1.92. The van der Waals surface area contributed by atoms with Gasteiger partial charge in [-0.15, -0.1) is 0 Å². The van der Waals surface area contributed by atoms with Crippen LogP contribution in [-0.4, -0.2) is 64.4 Å². The van der Waals surface area contributed by atoms with Crippen molar-refractivity contribution in [2.75, 3.05) is 37.9 Å². The van der Waals surface area contributed by atoms with Crippen molar-refractivity contribution in [3.05, 3.63) is 0 Å². The summed E-state index contributed by atoms with van der Waals surface area (Å²) in [6.07, 6.45) is -0.159. The van der Waals surface area contributed by atoms with E-state index in [1.165, 1.54) is 0 Å². The molecule has 0 heterocycles. The summed E-state index contributed by atoms with van der Waals surface area (Å²) in [6.45, 7) is 2.59. The van der Waals surface area contributed by atoms with Gasteiger partial charge in [-0.25, -0.2) is 0 Å². The molecule has 0 aromatic carbocycles. The first kappa shape index (κ1) is 16.5. The molecule has 0 aromatic heterocycles. The van der Waals surface area contributed by atoms with E-state index in [4.69, 9.17) is 19.7 Å². The molecule has 0 bridgehead atoms. The second kappa shape index (κ2) is 10.6. The fourth-order valence-corrected chi connectivity index (χ4v) is 1.96. The van der Waals surface area contributed by atoms with Crippen LogP contribution < -0.4 is 0 Å². The van der Waals surface area contributed by atoms with Gasteiger partial charge in [-0.2, -0.15) is 0 Å². The van der Waals surface area contributed by atoms with Crippen molar-refractivity contribution in [3.8, 4) is 0 Å². The zero-order valence-electron chi connectivity index (χ0n) is 9.96. The molecule has 0 radical (unpaired) electrons. The summed E-state index contributed by atoms with van der Waals surface area (Å²) in [5.74, 6) is -0.989. The average Bonchev–Trinajstić information content (AvgIpc) is 2.28. The van der Waals surface area contributed by atoms with E-state index in [0.29, 0.717) is 13.2 Å². The van der Waals surface area contributed by atoms with Crippen molar-refractivity contribution >= 4 is 16.8 Å². The molecule has 0 aromatic rings. The summed E-state index contributed by atoms with van der Waals surface area (Å²) < 4.78 is 21.1. The lowest BCUT2D eigenvalue weighted by molar-refractivity contribution is -0.142. The molecule has 0 saturated heterocycles. The maximum atomic E-state index is 11.3. The first-order valence-corrected chi connectivity index (χ1v) is 6.96. The summed E-state index contributed by atoms with van der Waals surface area (Å²) in [5.41, 5.74) is 0. The molecule has 0 amide bonds. The molecular formula is C10H20O6S. The minimum Gasteiger partial charge on any atom is -0.463 e. The van der Waals surface area contributed by atoms with Crippen LogP contribution >= 0.6 is 0 Å². The summed E-state index contributed by atoms with van der Waals surface area (Å²) in [5, 5.41) is 17.5. The van der Waals surface area contributed by atoms with Gasteiger partial charge >= 0.3 is 5.97 Å². The van der Waals surface area contributed by atoms with Gasteiger partial charge in [0.25, 0.3) is 0 Å². The number of hydrogen-bond acceptors (Lipinski definition) is 6. The van der Waals surface area contributed by atoms with Crippen molar-refractivity contribution in [1.82, 2.24) is 0 Å². The zero-order chi connectivity index (χ0) is 13.1. The van der Waals surface area contributed by atoms with Crippen LogP contribution in [-0.2, 0) is 25.1 Å². The molecule has 6 nitrogen and oxygen atoms in total. The Bertz CT molecular complexity index is 233. The molecule has 0 fully saturated rings. The van der Waals surface area contributed by atoms with Gasteiger partial charge in [0.2, 0.25) is 0 Å². The van der Waals surface area contributed by atoms with E-state index in [0.717, 1.165) is 6.42 Å². The van der Waals surface area contributed by atoms with Crippen molar-refractivity contribution in [2.24, 2.45) is 0 Å². The second-order valence-corrected chi connectivity index (χ2v) is 4.92. The van der Waals surface area contributed by atoms with Gasteiger partial charge in [-0.1, -0.05) is 6.92 Å². The fraction of sp³-hybridized carbons (Fsp3) is 0.900. The summed E-state index contributed by atoms with van der Waals surface area (Å²) >= 11 is 0. The number of rotatable bonds is 10. The van der Waals surface area contributed by atoms with E-state index in [2.05, 4.69) is 0 Å². The van der Waals surface area contributed by atoms with Crippen LogP contribution in [0.4, 0.5) is 0 Å². The van der Waals surface area contributed by atoms with E-state index in [9.17, 15) is 9.00 Å². The lowest BCUT2D eigenvalue weighted by Gasteiger charge is -2.07. The Morgan fingerprint density at radius 3 is 2.65 bits per heavy atom. The summed E-state index contributed by atoms with van der Waals surface area (Å²) in [6, 6.07) is 0. The second-order valence-electron chi connectivity index (χ2n) is 3.42. The van der Waals surface area contributed by atoms with Gasteiger partial charge in [0.05, 0.1) is 25.1 Å². The highest BCUT2D eigenvalue weighted by atomic mass is 32.2. The van der Waals surface area contributed by atoms with Gasteiger partial charge in [0.15, 0.2) is 0 Å². The lowest BCUT2D eigenvalue weighted by Crippen LogP contribution is -2.25. The third kappa shape index (κ3) is 10.4. The SMILES string of the molecule is CCCOCCOC(=O)CS(=O)CC(O)CO. The normalized spacial score (nSPS) is 14.3. The van der Waals surface area contributed by atoms with Crippen LogP contribution in [0.2, 0.25) is 0 Å². The molecule has 17 heavy (non-hydrogen) atoms. The van der Waals surface area contributed by atoms with Gasteiger partial charge in [0.1, 0.15) is 12.4 Å². The van der Waals surface area contributed by atoms with Crippen molar-refractivity contribution in [2.45, 2.75) is 19.4 Å². The highest BCUT2D eigenvalue weighted by molar-refractivity contribution is 7.85. The average molecular weight is 268 g/mol. The molecule has 2 atom stereocenters. The predicted molar refractivity (Wildman–Crippen MR) is 63.0 cm³/mol. The van der Waals surface area contributed by atoms with Gasteiger partial charge < -0.3 is 19.7 Å². The van der Waals surface area contributed by atoms with Crippen LogP contribution in [0.25, 0.3) is 0 Å². The maximum absolute atomic E-state index is 11.3. The number of esters is 1. The third-order valence-corrected chi connectivity index (χ3v) is 3.02. The van der Waals surface area contributed by atoms with Gasteiger partial charge in [0, 0.05) is 17.4 Å². The molecule has 0 saturated carbocycles. The van der Waals surface area contributed by atoms with Crippen LogP contribution in [0.3, 0.4) is 0 Å². The Morgan fingerprint density at radius 1 is 1.35 bits per heavy atom. The van der Waals surface area contributed by atoms with Crippen LogP contribution in [0.1, 0.15) is 13.3 Å². The van der Waals surface area contributed by atoms with Crippen LogP contribution in [0.15, 0.2) is 0 Å². The lowest BCUT2D eigenvalue weighted by atomic mass is 10.4. The quantitative estimate of drug-likeness (QED) is 0.392. The molecule has 0 aliphatic carbocycles. The minimum atomic E-state index is -1.51. The van der Waals surface area contributed by atoms with Crippen molar-refractivity contribution in [1.29, 1.82) is 0 Å². The fourth-order valence-electron chi connectivity index (χ4n) is 0.960. The Labute approximate surface area is 103 Å². The molecule has 2 unspecified atom stereocenters. The molecule has 102 valence electrons. The van der Waals surface area contributed by atoms with E-state index in [1.807, 2.05) is 6.92 Å². The Hall–Kier alpha value is -0.500. The first-order valence-electron chi connectivity index (χ1n) is 5.47. The molecule has 0 aliphatic rings. The Balaban J connectivity index is 3.54. The Morgan fingerprint density at radius 2 is 2.06 bits per heavy atom. The highest BCUT2D eigenvalue weighted by Gasteiger charge is 2.13. The number of aliphatic hydroxyl groups excluding tert-OH is 2. The smallest absolute Gasteiger partial charge is 0.318 e. The number of aliphatic hydroxyl groups is 2. The molecule has 0 rings (SSSR count). The molecular weight excluding hydrogens is 248 g/mol. The van der Waals surface area contributed by atoms with Crippen LogP contribution in [0.5, 0.6) is 0 Å². The van der Waals surface area contributed by atoms with Gasteiger partial charge in [-0.05, 0) is 6.42 Å². The van der Waals surface area contributed by atoms with Crippen LogP contribution in [0, 0.1) is 0 Å². The number of ether oxygens (including phenoxy) is 2. The predicted octanol–water partition coefficient (Wildman–Crippen LogP) is -0.942. The Kier molecular flexibility index (Phi) is 10.3. The zero-order valence-corrected chi connectivity index (χ0v) is 10.8. The topological polar surface area (TPSA) is 93.1 Å². The van der Waals surface area contributed by atoms with E-state index in [1.54, 1.807) is 0 Å². The largest absolute Gasteiger partial charge is 0.463 e. The third-order valence-electron chi connectivity index (χ3n) is 1.71. The molecule has 2 N–H and O–H groups in total. The maximum Gasteiger partial charge on any atom is 0.318 e. The number of hydrogen-bond donors (Lipinski definition) is 2. The molecule has 7 heteroatoms. The minimum absolute atomic E-state index is 0.127. The standard InChI is InChI=1S/C10H20O6S/c1-2-3-15-4-5-16-10(13)8-17(14)7-9(12)6-11/h9,11-12H,2-8H2,1H3. The first-order chi connectivity index (χ1) is 8.10. The van der Waals surface area contributed by atoms with Crippen molar-refractivity contribution in [3.63, 3.8) is 0 Å². The number of carbonyl (C=O) groups excluding carboxylic acids is 1. The molecule has 0 spiro atoms. The van der Waals surface area contributed by atoms with Gasteiger partial charge in [-0.3, -0.25) is 9.00 Å². The van der Waals surface area contributed by atoms with E-state index in [-0.39, 0.29) is 18.1 Å². The van der Waals surface area contributed by atoms with Crippen molar-refractivity contribution < 1.29 is 28.7 Å². The molecule has 0 aliphatic heterocycles. The summed E-state index contributed by atoms with van der Waals surface area (Å²) in [7, 11) is -1.51. The number of carbonyl (C=O) groups is 1. The monoisotopic (exact) mass is 268 g/mol.